The molecule has 0 aliphatic heterocycles. The molecule has 3 rings (SSSR count). The zero-order valence-electron chi connectivity index (χ0n) is 13.9. The minimum Gasteiger partial charge on any atom is -0.110 e. The summed E-state index contributed by atoms with van der Waals surface area (Å²) in [6.45, 7) is 6.53. The summed E-state index contributed by atoms with van der Waals surface area (Å²) in [7, 11) is 3.58. The normalized spacial score (nSPS) is 11.3. The van der Waals surface area contributed by atoms with Crippen LogP contribution in [-0.4, -0.2) is 0 Å². The molecular weight excluding hydrogens is 314 g/mol. The predicted molar refractivity (Wildman–Crippen MR) is 109 cm³/mol. The van der Waals surface area contributed by atoms with Crippen LogP contribution in [0.1, 0.15) is 16.7 Å². The number of benzene rings is 3. The Hall–Kier alpha value is -1.48. The van der Waals surface area contributed by atoms with Gasteiger partial charge in [0.2, 0.25) is 0 Å². The van der Waals surface area contributed by atoms with Crippen LogP contribution in [0.2, 0.25) is 0 Å². The van der Waals surface area contributed by atoms with E-state index in [1.54, 1.807) is 0 Å². The molecule has 0 amide bonds. The Morgan fingerprint density at radius 3 is 1.74 bits per heavy atom. The molecule has 0 aromatic heterocycles. The predicted octanol–water partition coefficient (Wildman–Crippen LogP) is 6.04. The van der Waals surface area contributed by atoms with Crippen molar-refractivity contribution in [3.05, 3.63) is 77.4 Å². The average molecular weight is 336 g/mol. The van der Waals surface area contributed by atoms with Gasteiger partial charge in [0.15, 0.2) is 0 Å². The van der Waals surface area contributed by atoms with Gasteiger partial charge >= 0.3 is 0 Å². The van der Waals surface area contributed by atoms with Gasteiger partial charge in [-0.3, -0.25) is 0 Å². The Labute approximate surface area is 143 Å². The van der Waals surface area contributed by atoms with Crippen molar-refractivity contribution in [1.82, 2.24) is 0 Å². The molecule has 2 atom stereocenters. The van der Waals surface area contributed by atoms with Gasteiger partial charge in [-0.1, -0.05) is 68.9 Å². The van der Waals surface area contributed by atoms with Gasteiger partial charge in [-0.25, -0.2) is 0 Å². The molecule has 0 N–H and O–H groups in total. The highest BCUT2D eigenvalue weighted by atomic mass is 32.0. The highest BCUT2D eigenvalue weighted by molar-refractivity contribution is 8.06. The first-order valence-electron chi connectivity index (χ1n) is 7.84. The molecule has 0 radical (unpaired) electrons. The number of rotatable bonds is 3. The Morgan fingerprint density at radius 1 is 0.609 bits per heavy atom. The minimum absolute atomic E-state index is 0.775. The molecule has 0 nitrogen and oxygen atoms in total. The largest absolute Gasteiger partial charge is 0.110 e. The molecule has 2 heteroatoms. The van der Waals surface area contributed by atoms with Crippen LogP contribution >= 0.6 is 17.2 Å². The standard InChI is InChI=1S/C21H22P2/c1-14-4-5-18(12-15(14)2)19-8-11-21(16(3)13-19)17-6-9-20(23-22)10-7-17/h4-13,23H,22H2,1-3H3. The van der Waals surface area contributed by atoms with Crippen molar-refractivity contribution in [1.29, 1.82) is 0 Å². The fraction of sp³-hybridized carbons (Fsp3) is 0.143. The van der Waals surface area contributed by atoms with E-state index in [0.29, 0.717) is 0 Å². The second-order valence-corrected chi connectivity index (χ2v) is 7.78. The summed E-state index contributed by atoms with van der Waals surface area (Å²) in [5, 5.41) is 1.38. The number of hydrogen-bond acceptors (Lipinski definition) is 0. The Morgan fingerprint density at radius 2 is 1.17 bits per heavy atom. The van der Waals surface area contributed by atoms with Crippen LogP contribution in [0.4, 0.5) is 0 Å². The van der Waals surface area contributed by atoms with Gasteiger partial charge in [-0.15, -0.1) is 8.93 Å². The first-order valence-corrected chi connectivity index (χ1v) is 10.6. The maximum atomic E-state index is 2.80. The van der Waals surface area contributed by atoms with E-state index >= 15 is 0 Å². The lowest BCUT2D eigenvalue weighted by Crippen LogP contribution is -1.91. The van der Waals surface area contributed by atoms with E-state index in [1.165, 1.54) is 44.2 Å². The van der Waals surface area contributed by atoms with E-state index < -0.39 is 0 Å². The smallest absolute Gasteiger partial charge is 0.0154 e. The van der Waals surface area contributed by atoms with Crippen LogP contribution in [-0.2, 0) is 0 Å². The molecule has 0 bridgehead atoms. The van der Waals surface area contributed by atoms with E-state index in [9.17, 15) is 0 Å². The highest BCUT2D eigenvalue weighted by Crippen LogP contribution is 2.30. The van der Waals surface area contributed by atoms with E-state index in [1.807, 2.05) is 0 Å². The third kappa shape index (κ3) is 3.55. The SMILES string of the molecule is Cc1ccc(-c2ccc(-c3ccc(PP)cc3)c(C)c2)cc1C. The monoisotopic (exact) mass is 336 g/mol. The molecule has 0 fully saturated rings. The van der Waals surface area contributed by atoms with Crippen LogP contribution < -0.4 is 5.30 Å². The van der Waals surface area contributed by atoms with Crippen molar-refractivity contribution in [3.63, 3.8) is 0 Å². The second-order valence-electron chi connectivity index (χ2n) is 6.05. The highest BCUT2D eigenvalue weighted by Gasteiger charge is 2.05. The molecule has 0 heterocycles. The van der Waals surface area contributed by atoms with E-state index in [4.69, 9.17) is 0 Å². The van der Waals surface area contributed by atoms with Crippen LogP contribution in [0.5, 0.6) is 0 Å². The van der Waals surface area contributed by atoms with Crippen molar-refractivity contribution >= 4 is 22.5 Å². The van der Waals surface area contributed by atoms with Gasteiger partial charge < -0.3 is 0 Å². The number of hydrogen-bond donors (Lipinski definition) is 0. The Bertz CT molecular complexity index is 833. The average Bonchev–Trinajstić information content (AvgIpc) is 2.57. The Kier molecular flexibility index (Phi) is 4.96. The van der Waals surface area contributed by atoms with Gasteiger partial charge in [0, 0.05) is 0 Å². The lowest BCUT2D eigenvalue weighted by atomic mass is 9.94. The summed E-state index contributed by atoms with van der Waals surface area (Å²) in [5.74, 6) is 0. The first-order chi connectivity index (χ1) is 11.1. The molecule has 0 aliphatic rings. The van der Waals surface area contributed by atoms with Crippen molar-refractivity contribution in [2.24, 2.45) is 0 Å². The fourth-order valence-corrected chi connectivity index (χ4v) is 3.77. The van der Waals surface area contributed by atoms with Crippen LogP contribution in [0.25, 0.3) is 22.3 Å². The molecule has 0 saturated heterocycles. The van der Waals surface area contributed by atoms with Crippen LogP contribution in [0, 0.1) is 20.8 Å². The minimum atomic E-state index is 0.775. The summed E-state index contributed by atoms with van der Waals surface area (Å²) in [5.41, 5.74) is 9.20. The maximum absolute atomic E-state index is 2.80. The van der Waals surface area contributed by atoms with Crippen LogP contribution in [0.15, 0.2) is 60.7 Å². The third-order valence-corrected chi connectivity index (χ3v) is 6.10. The molecule has 3 aromatic carbocycles. The molecule has 116 valence electrons. The van der Waals surface area contributed by atoms with Gasteiger partial charge in [0.1, 0.15) is 0 Å². The Balaban J connectivity index is 1.98. The van der Waals surface area contributed by atoms with E-state index in [-0.39, 0.29) is 0 Å². The quantitative estimate of drug-likeness (QED) is 0.512. The summed E-state index contributed by atoms with van der Waals surface area (Å²) in [6, 6.07) is 22.4. The zero-order chi connectivity index (χ0) is 16.4. The summed E-state index contributed by atoms with van der Waals surface area (Å²) in [4.78, 5) is 0. The molecular formula is C21H22P2. The van der Waals surface area contributed by atoms with Crippen molar-refractivity contribution in [2.75, 3.05) is 0 Å². The lowest BCUT2D eigenvalue weighted by molar-refractivity contribution is 1.34. The van der Waals surface area contributed by atoms with Crippen molar-refractivity contribution in [3.8, 4) is 22.3 Å². The van der Waals surface area contributed by atoms with Gasteiger partial charge in [0.25, 0.3) is 0 Å². The topological polar surface area (TPSA) is 0 Å². The zero-order valence-corrected chi connectivity index (χ0v) is 16.0. The number of aryl methyl sites for hydroxylation is 3. The molecule has 0 aliphatic carbocycles. The third-order valence-electron chi connectivity index (χ3n) is 4.43. The summed E-state index contributed by atoms with van der Waals surface area (Å²) >= 11 is 0. The molecule has 3 aromatic rings. The molecule has 0 saturated carbocycles. The van der Waals surface area contributed by atoms with E-state index in [2.05, 4.69) is 90.4 Å². The molecule has 2 unspecified atom stereocenters. The summed E-state index contributed by atoms with van der Waals surface area (Å²) < 4.78 is 0. The van der Waals surface area contributed by atoms with Gasteiger partial charge in [-0.05, 0) is 65.0 Å². The van der Waals surface area contributed by atoms with Crippen molar-refractivity contribution < 1.29 is 0 Å². The van der Waals surface area contributed by atoms with Gasteiger partial charge in [0.05, 0.1) is 0 Å². The lowest BCUT2D eigenvalue weighted by Gasteiger charge is -2.11. The van der Waals surface area contributed by atoms with Gasteiger partial charge in [-0.2, -0.15) is 0 Å². The molecule has 23 heavy (non-hydrogen) atoms. The molecule has 0 spiro atoms. The first kappa shape index (κ1) is 16.4. The van der Waals surface area contributed by atoms with Crippen molar-refractivity contribution in [2.45, 2.75) is 20.8 Å². The van der Waals surface area contributed by atoms with Crippen LogP contribution in [0.3, 0.4) is 0 Å². The van der Waals surface area contributed by atoms with E-state index in [0.717, 1.165) is 8.27 Å². The maximum Gasteiger partial charge on any atom is -0.0154 e. The fourth-order valence-electron chi connectivity index (χ4n) is 2.83. The second kappa shape index (κ2) is 6.96. The summed E-state index contributed by atoms with van der Waals surface area (Å²) in [6.07, 6.45) is 0.